The molecule has 2 rings (SSSR count). The zero-order valence-corrected chi connectivity index (χ0v) is 16.6. The van der Waals surface area contributed by atoms with Crippen LogP contribution in [0.2, 0.25) is 0 Å². The Bertz CT molecular complexity index is 685. The maximum absolute atomic E-state index is 4.76. The van der Waals surface area contributed by atoms with Gasteiger partial charge in [0.2, 0.25) is 0 Å². The van der Waals surface area contributed by atoms with Gasteiger partial charge in [-0.25, -0.2) is 9.98 Å². The van der Waals surface area contributed by atoms with Gasteiger partial charge in [-0.3, -0.25) is 0 Å². The lowest BCUT2D eigenvalue weighted by molar-refractivity contribution is 0.481. The lowest BCUT2D eigenvalue weighted by atomic mass is 10.0. The van der Waals surface area contributed by atoms with Crippen molar-refractivity contribution in [3.05, 3.63) is 53.6 Å². The van der Waals surface area contributed by atoms with Gasteiger partial charge in [0.05, 0.1) is 6.54 Å². The van der Waals surface area contributed by atoms with Gasteiger partial charge in [0.25, 0.3) is 0 Å². The second kappa shape index (κ2) is 10.6. The molecule has 0 spiro atoms. The minimum absolute atomic E-state index is 0.676. The number of nitrogens with one attached hydrogen (secondary N) is 2. The van der Waals surface area contributed by atoms with Gasteiger partial charge in [0.1, 0.15) is 5.82 Å². The predicted molar refractivity (Wildman–Crippen MR) is 109 cm³/mol. The van der Waals surface area contributed by atoms with Crippen LogP contribution in [0.25, 0.3) is 0 Å². The summed E-state index contributed by atoms with van der Waals surface area (Å²) in [6.45, 7) is 12.0. The summed E-state index contributed by atoms with van der Waals surface area (Å²) in [5, 5.41) is 6.82. The van der Waals surface area contributed by atoms with Gasteiger partial charge in [0, 0.05) is 32.0 Å². The van der Waals surface area contributed by atoms with E-state index in [0.29, 0.717) is 12.5 Å². The fourth-order valence-corrected chi connectivity index (χ4v) is 2.92. The van der Waals surface area contributed by atoms with Gasteiger partial charge in [0.15, 0.2) is 5.96 Å². The molecule has 5 heteroatoms. The number of benzene rings is 1. The van der Waals surface area contributed by atoms with Crippen LogP contribution in [-0.2, 0) is 13.1 Å². The van der Waals surface area contributed by atoms with Crippen LogP contribution in [0.1, 0.15) is 50.6 Å². The molecule has 142 valence electrons. The lowest BCUT2D eigenvalue weighted by Gasteiger charge is -2.16. The van der Waals surface area contributed by atoms with Gasteiger partial charge in [-0.1, -0.05) is 51.0 Å². The first-order valence-electron chi connectivity index (χ1n) is 9.73. The van der Waals surface area contributed by atoms with Crippen LogP contribution in [0.4, 0.5) is 0 Å². The van der Waals surface area contributed by atoms with Crippen LogP contribution in [-0.4, -0.2) is 28.6 Å². The number of aromatic nitrogens is 2. The molecule has 0 bridgehead atoms. The maximum atomic E-state index is 4.76. The van der Waals surface area contributed by atoms with E-state index < -0.39 is 0 Å². The molecule has 5 nitrogen and oxygen atoms in total. The molecule has 0 aliphatic heterocycles. The number of nitrogens with zero attached hydrogens (tertiary/aromatic N) is 3. The third-order valence-electron chi connectivity index (χ3n) is 4.74. The molecule has 0 radical (unpaired) electrons. The fourth-order valence-electron chi connectivity index (χ4n) is 2.92. The zero-order valence-electron chi connectivity index (χ0n) is 16.6. The van der Waals surface area contributed by atoms with Crippen LogP contribution in [0, 0.1) is 12.8 Å². The number of imidazole rings is 1. The van der Waals surface area contributed by atoms with Crippen molar-refractivity contribution in [2.75, 3.05) is 13.1 Å². The average molecular weight is 356 g/mol. The van der Waals surface area contributed by atoms with E-state index in [-0.39, 0.29) is 0 Å². The first-order valence-corrected chi connectivity index (χ1v) is 9.73. The predicted octanol–water partition coefficient (Wildman–Crippen LogP) is 3.73. The van der Waals surface area contributed by atoms with Gasteiger partial charge in [-0.05, 0) is 30.9 Å². The molecule has 0 saturated heterocycles. The van der Waals surface area contributed by atoms with E-state index in [0.717, 1.165) is 31.4 Å². The summed E-state index contributed by atoms with van der Waals surface area (Å²) in [6, 6.07) is 8.63. The maximum Gasteiger partial charge on any atom is 0.191 e. The Morgan fingerprint density at radius 2 is 1.92 bits per heavy atom. The molecule has 1 aromatic heterocycles. The molecule has 0 atom stereocenters. The van der Waals surface area contributed by atoms with E-state index in [1.54, 1.807) is 0 Å². The smallest absolute Gasteiger partial charge is 0.191 e. The van der Waals surface area contributed by atoms with E-state index in [1.165, 1.54) is 24.0 Å². The Morgan fingerprint density at radius 3 is 2.58 bits per heavy atom. The van der Waals surface area contributed by atoms with E-state index in [1.807, 2.05) is 19.3 Å². The summed E-state index contributed by atoms with van der Waals surface area (Å²) >= 11 is 0. The molecule has 1 heterocycles. The minimum atomic E-state index is 0.676. The molecule has 0 aliphatic carbocycles. The van der Waals surface area contributed by atoms with Gasteiger partial charge in [-0.2, -0.15) is 0 Å². The monoisotopic (exact) mass is 355 g/mol. The highest BCUT2D eigenvalue weighted by molar-refractivity contribution is 5.79. The first kappa shape index (κ1) is 20.0. The Kier molecular flexibility index (Phi) is 8.19. The van der Waals surface area contributed by atoms with Crippen molar-refractivity contribution < 1.29 is 0 Å². The third kappa shape index (κ3) is 6.21. The van der Waals surface area contributed by atoms with Gasteiger partial charge in [-0.15, -0.1) is 0 Å². The number of aliphatic imine (C=N–C) groups is 1. The van der Waals surface area contributed by atoms with Gasteiger partial charge < -0.3 is 15.2 Å². The Morgan fingerprint density at radius 1 is 1.15 bits per heavy atom. The number of hydrogen-bond acceptors (Lipinski definition) is 2. The fraction of sp³-hybridized carbons (Fsp3) is 0.524. The van der Waals surface area contributed by atoms with Crippen molar-refractivity contribution in [3.8, 4) is 0 Å². The average Bonchev–Trinajstić information content (AvgIpc) is 3.05. The molecular weight excluding hydrogens is 322 g/mol. The first-order chi connectivity index (χ1) is 12.7. The van der Waals surface area contributed by atoms with E-state index >= 15 is 0 Å². The summed E-state index contributed by atoms with van der Waals surface area (Å²) in [6.07, 6.45) is 6.25. The Balaban J connectivity index is 1.99. The third-order valence-corrected chi connectivity index (χ3v) is 4.74. The summed E-state index contributed by atoms with van der Waals surface area (Å²) < 4.78 is 2.16. The largest absolute Gasteiger partial charge is 0.357 e. The highest BCUT2D eigenvalue weighted by Gasteiger charge is 2.05. The highest BCUT2D eigenvalue weighted by atomic mass is 15.2. The molecule has 0 saturated carbocycles. The SMILES string of the molecule is CCNC(=NCc1cccc(Cn2ccnc2C)c1)NCC(CC)CC. The number of rotatable bonds is 9. The standard InChI is InChI=1S/C21H33N5/c1-5-18(6-2)14-24-21(22-7-3)25-15-19-9-8-10-20(13-19)16-26-12-11-23-17(26)4/h8-13,18H,5-7,14-16H2,1-4H3,(H2,22,24,25). The van der Waals surface area contributed by atoms with Crippen LogP contribution in [0.3, 0.4) is 0 Å². The summed E-state index contributed by atoms with van der Waals surface area (Å²) in [7, 11) is 0. The summed E-state index contributed by atoms with van der Waals surface area (Å²) in [5.74, 6) is 2.63. The van der Waals surface area contributed by atoms with E-state index in [2.05, 4.69) is 65.2 Å². The molecular formula is C21H33N5. The summed E-state index contributed by atoms with van der Waals surface area (Å²) in [5.41, 5.74) is 2.49. The minimum Gasteiger partial charge on any atom is -0.357 e. The zero-order chi connectivity index (χ0) is 18.8. The molecule has 0 fully saturated rings. The van der Waals surface area contributed by atoms with E-state index in [4.69, 9.17) is 4.99 Å². The van der Waals surface area contributed by atoms with Crippen molar-refractivity contribution in [2.45, 2.75) is 53.6 Å². The Labute approximate surface area is 158 Å². The van der Waals surface area contributed by atoms with Gasteiger partial charge >= 0.3 is 0 Å². The lowest BCUT2D eigenvalue weighted by Crippen LogP contribution is -2.39. The van der Waals surface area contributed by atoms with Crippen molar-refractivity contribution in [2.24, 2.45) is 10.9 Å². The molecule has 0 unspecified atom stereocenters. The van der Waals surface area contributed by atoms with Crippen molar-refractivity contribution in [1.82, 2.24) is 20.2 Å². The number of guanidine groups is 1. The van der Waals surface area contributed by atoms with Crippen LogP contribution >= 0.6 is 0 Å². The van der Waals surface area contributed by atoms with Crippen LogP contribution in [0.5, 0.6) is 0 Å². The van der Waals surface area contributed by atoms with Crippen LogP contribution in [0.15, 0.2) is 41.7 Å². The molecule has 2 aromatic rings. The molecule has 0 amide bonds. The number of aryl methyl sites for hydroxylation is 1. The topological polar surface area (TPSA) is 54.2 Å². The molecule has 2 N–H and O–H groups in total. The summed E-state index contributed by atoms with van der Waals surface area (Å²) in [4.78, 5) is 9.04. The highest BCUT2D eigenvalue weighted by Crippen LogP contribution is 2.10. The number of hydrogen-bond donors (Lipinski definition) is 2. The normalized spacial score (nSPS) is 11.8. The van der Waals surface area contributed by atoms with Crippen molar-refractivity contribution in [1.29, 1.82) is 0 Å². The second-order valence-electron chi connectivity index (χ2n) is 6.68. The molecule has 1 aromatic carbocycles. The van der Waals surface area contributed by atoms with Crippen molar-refractivity contribution in [3.63, 3.8) is 0 Å². The molecule has 26 heavy (non-hydrogen) atoms. The van der Waals surface area contributed by atoms with E-state index in [9.17, 15) is 0 Å². The second-order valence-corrected chi connectivity index (χ2v) is 6.68. The molecule has 0 aliphatic rings. The quantitative estimate of drug-likeness (QED) is 0.532. The Hall–Kier alpha value is -2.30. The van der Waals surface area contributed by atoms with Crippen molar-refractivity contribution >= 4 is 5.96 Å². The van der Waals surface area contributed by atoms with Crippen LogP contribution < -0.4 is 10.6 Å².